The monoisotopic (exact) mass is 351 g/mol. The number of anilines is 1. The molecule has 0 saturated heterocycles. The lowest BCUT2D eigenvalue weighted by Crippen LogP contribution is -2.30. The first-order chi connectivity index (χ1) is 12.6. The van der Waals surface area contributed by atoms with Crippen molar-refractivity contribution in [3.8, 4) is 17.2 Å². The smallest absolute Gasteiger partial charge is 0.265 e. The molecule has 0 aliphatic carbocycles. The van der Waals surface area contributed by atoms with Crippen LogP contribution in [0.4, 0.5) is 5.69 Å². The highest BCUT2D eigenvalue weighted by Gasteiger charge is 2.17. The van der Waals surface area contributed by atoms with Gasteiger partial charge in [0.05, 0.1) is 14.2 Å². The van der Waals surface area contributed by atoms with E-state index in [0.29, 0.717) is 22.9 Å². The Balaban J connectivity index is 1.74. The van der Waals surface area contributed by atoms with Crippen LogP contribution in [0.2, 0.25) is 0 Å². The molecule has 0 saturated carbocycles. The van der Waals surface area contributed by atoms with Crippen molar-refractivity contribution < 1.29 is 19.0 Å². The van der Waals surface area contributed by atoms with E-state index >= 15 is 0 Å². The molecule has 1 unspecified atom stereocenters. The second-order valence-corrected chi connectivity index (χ2v) is 5.80. The third kappa shape index (κ3) is 3.72. The summed E-state index contributed by atoms with van der Waals surface area (Å²) < 4.78 is 16.4. The molecule has 5 heteroatoms. The van der Waals surface area contributed by atoms with Gasteiger partial charge in [-0.3, -0.25) is 4.79 Å². The Hall–Kier alpha value is -3.21. The summed E-state index contributed by atoms with van der Waals surface area (Å²) in [6.07, 6.45) is -0.658. The predicted octanol–water partition coefficient (Wildman–Crippen LogP) is 4.26. The van der Waals surface area contributed by atoms with Crippen LogP contribution >= 0.6 is 0 Å². The number of methoxy groups -OCH3 is 2. The second-order valence-electron chi connectivity index (χ2n) is 5.80. The van der Waals surface area contributed by atoms with Gasteiger partial charge in [-0.25, -0.2) is 0 Å². The maximum atomic E-state index is 12.5. The van der Waals surface area contributed by atoms with Crippen LogP contribution in [-0.4, -0.2) is 26.2 Å². The van der Waals surface area contributed by atoms with Gasteiger partial charge in [0, 0.05) is 17.1 Å². The Bertz CT molecular complexity index is 918. The average Bonchev–Trinajstić information content (AvgIpc) is 2.68. The molecule has 1 N–H and O–H groups in total. The van der Waals surface area contributed by atoms with Crippen LogP contribution in [0, 0.1) is 0 Å². The maximum absolute atomic E-state index is 12.5. The highest BCUT2D eigenvalue weighted by molar-refractivity contribution is 5.95. The Labute approximate surface area is 152 Å². The number of carbonyl (C=O) groups excluding carboxylic acids is 1. The molecule has 26 heavy (non-hydrogen) atoms. The van der Waals surface area contributed by atoms with Gasteiger partial charge in [-0.1, -0.05) is 36.4 Å². The standard InChI is InChI=1S/C21H21NO4/c1-14(26-18-10-6-8-15-7-4-5-9-17(15)18)21(23)22-16-11-12-19(24-2)20(13-16)25-3/h4-14H,1-3H3,(H,22,23). The van der Waals surface area contributed by atoms with E-state index in [1.807, 2.05) is 42.5 Å². The summed E-state index contributed by atoms with van der Waals surface area (Å²) in [5, 5.41) is 4.88. The van der Waals surface area contributed by atoms with Crippen molar-refractivity contribution in [2.75, 3.05) is 19.5 Å². The second kappa shape index (κ2) is 7.78. The summed E-state index contributed by atoms with van der Waals surface area (Å²) in [6.45, 7) is 1.72. The van der Waals surface area contributed by atoms with Crippen LogP contribution < -0.4 is 19.5 Å². The number of benzene rings is 3. The maximum Gasteiger partial charge on any atom is 0.265 e. The lowest BCUT2D eigenvalue weighted by Gasteiger charge is -2.17. The van der Waals surface area contributed by atoms with Gasteiger partial charge in [-0.15, -0.1) is 0 Å². The fraction of sp³-hybridized carbons (Fsp3) is 0.190. The molecule has 0 heterocycles. The first-order valence-corrected chi connectivity index (χ1v) is 8.29. The first-order valence-electron chi connectivity index (χ1n) is 8.29. The molecular formula is C21H21NO4. The summed E-state index contributed by atoms with van der Waals surface area (Å²) >= 11 is 0. The number of carbonyl (C=O) groups is 1. The number of hydrogen-bond acceptors (Lipinski definition) is 4. The molecule has 3 aromatic rings. The molecule has 134 valence electrons. The number of hydrogen-bond donors (Lipinski definition) is 1. The summed E-state index contributed by atoms with van der Waals surface area (Å²) in [5.74, 6) is 1.58. The van der Waals surface area contributed by atoms with E-state index in [1.165, 1.54) is 0 Å². The van der Waals surface area contributed by atoms with Crippen LogP contribution in [0.5, 0.6) is 17.2 Å². The third-order valence-corrected chi connectivity index (χ3v) is 4.07. The largest absolute Gasteiger partial charge is 0.493 e. The molecule has 0 bridgehead atoms. The number of nitrogens with one attached hydrogen (secondary N) is 1. The number of rotatable bonds is 6. The average molecular weight is 351 g/mol. The summed E-state index contributed by atoms with van der Waals surface area (Å²) in [6, 6.07) is 18.9. The molecule has 0 fully saturated rings. The van der Waals surface area contributed by atoms with Crippen molar-refractivity contribution in [3.63, 3.8) is 0 Å². The van der Waals surface area contributed by atoms with Gasteiger partial charge in [-0.2, -0.15) is 0 Å². The van der Waals surface area contributed by atoms with Gasteiger partial charge < -0.3 is 19.5 Å². The quantitative estimate of drug-likeness (QED) is 0.721. The van der Waals surface area contributed by atoms with E-state index < -0.39 is 6.10 Å². The molecule has 3 rings (SSSR count). The molecule has 1 amide bonds. The van der Waals surface area contributed by atoms with Crippen molar-refractivity contribution >= 4 is 22.4 Å². The van der Waals surface area contributed by atoms with E-state index in [0.717, 1.165) is 10.8 Å². The first kappa shape index (κ1) is 17.6. The molecule has 0 radical (unpaired) electrons. The SMILES string of the molecule is COc1ccc(NC(=O)C(C)Oc2cccc3ccccc23)cc1OC. The van der Waals surface area contributed by atoms with Crippen molar-refractivity contribution in [3.05, 3.63) is 60.7 Å². The van der Waals surface area contributed by atoms with Crippen LogP contribution in [-0.2, 0) is 4.79 Å². The molecule has 0 aromatic heterocycles. The minimum atomic E-state index is -0.658. The molecule has 3 aromatic carbocycles. The third-order valence-electron chi connectivity index (χ3n) is 4.07. The van der Waals surface area contributed by atoms with E-state index in [2.05, 4.69) is 5.32 Å². The minimum absolute atomic E-state index is 0.245. The van der Waals surface area contributed by atoms with Crippen LogP contribution in [0.25, 0.3) is 10.8 Å². The Kier molecular flexibility index (Phi) is 5.27. The number of amides is 1. The highest BCUT2D eigenvalue weighted by atomic mass is 16.5. The lowest BCUT2D eigenvalue weighted by atomic mass is 10.1. The molecular weight excluding hydrogens is 330 g/mol. The molecule has 1 atom stereocenters. The summed E-state index contributed by atoms with van der Waals surface area (Å²) in [4.78, 5) is 12.5. The Morgan fingerprint density at radius 2 is 1.62 bits per heavy atom. The van der Waals surface area contributed by atoms with E-state index in [1.54, 1.807) is 39.3 Å². The topological polar surface area (TPSA) is 56.8 Å². The normalized spacial score (nSPS) is 11.7. The van der Waals surface area contributed by atoms with Crippen molar-refractivity contribution in [1.29, 1.82) is 0 Å². The van der Waals surface area contributed by atoms with E-state index in [9.17, 15) is 4.79 Å². The minimum Gasteiger partial charge on any atom is -0.493 e. The predicted molar refractivity (Wildman–Crippen MR) is 102 cm³/mol. The van der Waals surface area contributed by atoms with Gasteiger partial charge in [0.15, 0.2) is 17.6 Å². The van der Waals surface area contributed by atoms with Crippen molar-refractivity contribution in [2.24, 2.45) is 0 Å². The summed E-state index contributed by atoms with van der Waals surface area (Å²) in [5.41, 5.74) is 0.612. The van der Waals surface area contributed by atoms with Crippen molar-refractivity contribution in [1.82, 2.24) is 0 Å². The lowest BCUT2D eigenvalue weighted by molar-refractivity contribution is -0.122. The van der Waals surface area contributed by atoms with Gasteiger partial charge in [0.25, 0.3) is 5.91 Å². The number of ether oxygens (including phenoxy) is 3. The summed E-state index contributed by atoms with van der Waals surface area (Å²) in [7, 11) is 3.12. The Morgan fingerprint density at radius 1 is 0.885 bits per heavy atom. The van der Waals surface area contributed by atoms with Crippen molar-refractivity contribution in [2.45, 2.75) is 13.0 Å². The molecule has 0 aliphatic rings. The molecule has 0 spiro atoms. The Morgan fingerprint density at radius 3 is 2.38 bits per heavy atom. The van der Waals surface area contributed by atoms with Crippen LogP contribution in [0.3, 0.4) is 0 Å². The molecule has 0 aliphatic heterocycles. The van der Waals surface area contributed by atoms with Gasteiger partial charge in [-0.05, 0) is 30.5 Å². The van der Waals surface area contributed by atoms with E-state index in [-0.39, 0.29) is 5.91 Å². The number of fused-ring (bicyclic) bond motifs is 1. The van der Waals surface area contributed by atoms with Crippen LogP contribution in [0.1, 0.15) is 6.92 Å². The molecule has 5 nitrogen and oxygen atoms in total. The van der Waals surface area contributed by atoms with Gasteiger partial charge in [0.1, 0.15) is 5.75 Å². The fourth-order valence-corrected chi connectivity index (χ4v) is 2.70. The van der Waals surface area contributed by atoms with Gasteiger partial charge in [0.2, 0.25) is 0 Å². The van der Waals surface area contributed by atoms with Gasteiger partial charge >= 0.3 is 0 Å². The van der Waals surface area contributed by atoms with E-state index in [4.69, 9.17) is 14.2 Å². The zero-order valence-electron chi connectivity index (χ0n) is 15.0. The highest BCUT2D eigenvalue weighted by Crippen LogP contribution is 2.30. The zero-order valence-corrected chi connectivity index (χ0v) is 15.0. The van der Waals surface area contributed by atoms with Crippen LogP contribution in [0.15, 0.2) is 60.7 Å². The zero-order chi connectivity index (χ0) is 18.5. The fourth-order valence-electron chi connectivity index (χ4n) is 2.70.